The zero-order valence-corrected chi connectivity index (χ0v) is 16.6. The van der Waals surface area contributed by atoms with E-state index in [9.17, 15) is 9.59 Å². The van der Waals surface area contributed by atoms with E-state index in [0.29, 0.717) is 16.9 Å². The van der Waals surface area contributed by atoms with Crippen molar-refractivity contribution in [3.05, 3.63) is 48.3 Å². The molecule has 2 aromatic heterocycles. The lowest BCUT2D eigenvalue weighted by molar-refractivity contribution is -0.145. The van der Waals surface area contributed by atoms with Crippen molar-refractivity contribution in [2.75, 3.05) is 25.6 Å². The number of amides is 1. The van der Waals surface area contributed by atoms with E-state index in [1.165, 1.54) is 6.20 Å². The summed E-state index contributed by atoms with van der Waals surface area (Å²) in [7, 11) is 1.56. The van der Waals surface area contributed by atoms with E-state index in [1.807, 2.05) is 24.3 Å². The van der Waals surface area contributed by atoms with Crippen molar-refractivity contribution in [3.8, 4) is 22.1 Å². The average Bonchev–Trinajstić information content (AvgIpc) is 3.19. The molecule has 0 unspecified atom stereocenters. The highest BCUT2D eigenvalue weighted by Gasteiger charge is 2.18. The molecule has 0 spiro atoms. The number of hydrogen-bond acceptors (Lipinski definition) is 9. The van der Waals surface area contributed by atoms with Crippen molar-refractivity contribution in [2.24, 2.45) is 0 Å². The van der Waals surface area contributed by atoms with Gasteiger partial charge < -0.3 is 14.2 Å². The highest BCUT2D eigenvalue weighted by Crippen LogP contribution is 2.32. The summed E-state index contributed by atoms with van der Waals surface area (Å²) >= 11 is 1.00. The van der Waals surface area contributed by atoms with Gasteiger partial charge in [0, 0.05) is 23.5 Å². The molecular formula is C19H18N4O5S. The second-order valence-electron chi connectivity index (χ2n) is 5.54. The number of esters is 1. The summed E-state index contributed by atoms with van der Waals surface area (Å²) in [5.74, 6) is -0.270. The number of anilines is 1. The molecule has 0 atom stereocenters. The number of rotatable bonds is 8. The van der Waals surface area contributed by atoms with Gasteiger partial charge in [0.2, 0.25) is 5.13 Å². The lowest BCUT2D eigenvalue weighted by Crippen LogP contribution is -2.14. The molecule has 0 fully saturated rings. The number of ether oxygens (including phenoxy) is 3. The molecule has 0 aliphatic rings. The first-order valence-electron chi connectivity index (χ1n) is 8.63. The van der Waals surface area contributed by atoms with Crippen molar-refractivity contribution in [2.45, 2.75) is 6.92 Å². The summed E-state index contributed by atoms with van der Waals surface area (Å²) in [6, 6.07) is 8.96. The predicted molar refractivity (Wildman–Crippen MR) is 106 cm³/mol. The zero-order chi connectivity index (χ0) is 20.6. The molecule has 0 saturated carbocycles. The molecule has 150 valence electrons. The number of para-hydroxylation sites is 1. The van der Waals surface area contributed by atoms with Gasteiger partial charge in [0.05, 0.1) is 19.3 Å². The van der Waals surface area contributed by atoms with Gasteiger partial charge in [0.15, 0.2) is 6.61 Å². The van der Waals surface area contributed by atoms with Crippen LogP contribution in [0.15, 0.2) is 42.7 Å². The fraction of sp³-hybridized carbons (Fsp3) is 0.211. The second kappa shape index (κ2) is 9.60. The monoisotopic (exact) mass is 414 g/mol. The number of carbonyl (C=O) groups excluding carboxylic acids is 2. The van der Waals surface area contributed by atoms with Gasteiger partial charge in [-0.05, 0) is 30.4 Å². The highest BCUT2D eigenvalue weighted by atomic mass is 32.1. The Hall–Kier alpha value is -3.53. The van der Waals surface area contributed by atoms with E-state index in [2.05, 4.69) is 20.5 Å². The molecular weight excluding hydrogens is 396 g/mol. The van der Waals surface area contributed by atoms with Crippen LogP contribution in [0.2, 0.25) is 0 Å². The number of carbonyl (C=O) groups is 2. The van der Waals surface area contributed by atoms with Crippen molar-refractivity contribution >= 4 is 28.3 Å². The summed E-state index contributed by atoms with van der Waals surface area (Å²) in [5.41, 5.74) is 1.75. The number of nitrogens with one attached hydrogen (secondary N) is 1. The Balaban J connectivity index is 1.75. The molecule has 1 amide bonds. The minimum atomic E-state index is -0.508. The van der Waals surface area contributed by atoms with Crippen LogP contribution < -0.4 is 14.8 Å². The quantitative estimate of drug-likeness (QED) is 0.560. The fourth-order valence-electron chi connectivity index (χ4n) is 2.48. The Morgan fingerprint density at radius 3 is 2.76 bits per heavy atom. The van der Waals surface area contributed by atoms with Gasteiger partial charge >= 0.3 is 5.97 Å². The van der Waals surface area contributed by atoms with Gasteiger partial charge in [0.25, 0.3) is 11.1 Å². The van der Waals surface area contributed by atoms with E-state index >= 15 is 0 Å². The molecule has 3 aromatic rings. The maximum Gasteiger partial charge on any atom is 0.344 e. The van der Waals surface area contributed by atoms with Gasteiger partial charge in [-0.15, -0.1) is 5.10 Å². The molecule has 0 aliphatic carbocycles. The van der Waals surface area contributed by atoms with Gasteiger partial charge in [-0.2, -0.15) is 0 Å². The van der Waals surface area contributed by atoms with Crippen LogP contribution in [0.5, 0.6) is 10.9 Å². The van der Waals surface area contributed by atoms with Crippen LogP contribution in [-0.2, 0) is 9.53 Å². The van der Waals surface area contributed by atoms with Crippen molar-refractivity contribution in [1.29, 1.82) is 0 Å². The van der Waals surface area contributed by atoms with E-state index in [-0.39, 0.29) is 29.4 Å². The van der Waals surface area contributed by atoms with E-state index in [4.69, 9.17) is 14.2 Å². The SMILES string of the molecule is CCOC(=O)COc1nnc(NC(=O)c2ccncc2-c2ccccc2OC)s1. The molecule has 10 heteroatoms. The van der Waals surface area contributed by atoms with Crippen molar-refractivity contribution in [1.82, 2.24) is 15.2 Å². The third-order valence-electron chi connectivity index (χ3n) is 3.71. The first kappa shape index (κ1) is 20.2. The first-order chi connectivity index (χ1) is 14.1. The molecule has 0 aliphatic heterocycles. The largest absolute Gasteiger partial charge is 0.496 e. The Morgan fingerprint density at radius 1 is 1.14 bits per heavy atom. The van der Waals surface area contributed by atoms with Crippen LogP contribution in [0.4, 0.5) is 5.13 Å². The summed E-state index contributed by atoms with van der Waals surface area (Å²) < 4.78 is 15.4. The zero-order valence-electron chi connectivity index (χ0n) is 15.7. The van der Waals surface area contributed by atoms with E-state index in [1.54, 1.807) is 26.3 Å². The van der Waals surface area contributed by atoms with Gasteiger partial charge in [-0.1, -0.05) is 23.3 Å². The number of hydrogen-bond donors (Lipinski definition) is 1. The van der Waals surface area contributed by atoms with Gasteiger partial charge in [-0.25, -0.2) is 4.79 Å². The number of benzene rings is 1. The average molecular weight is 414 g/mol. The van der Waals surface area contributed by atoms with Crippen LogP contribution >= 0.6 is 11.3 Å². The van der Waals surface area contributed by atoms with Crippen LogP contribution in [0.25, 0.3) is 11.1 Å². The summed E-state index contributed by atoms with van der Waals surface area (Å²) in [5, 5.41) is 10.7. The molecule has 1 N–H and O–H groups in total. The fourth-order valence-corrected chi connectivity index (χ4v) is 3.07. The maximum absolute atomic E-state index is 12.8. The standard InChI is InChI=1S/C19H18N4O5S/c1-3-27-16(24)11-28-19-23-22-18(29-19)21-17(25)13-8-9-20-10-14(13)12-6-4-5-7-15(12)26-2/h4-10H,3,11H2,1-2H3,(H,21,22,25). The van der Waals surface area contributed by atoms with Gasteiger partial charge in [-0.3, -0.25) is 15.1 Å². The summed E-state index contributed by atoms with van der Waals surface area (Å²) in [6.07, 6.45) is 3.13. The highest BCUT2D eigenvalue weighted by molar-refractivity contribution is 7.17. The lowest BCUT2D eigenvalue weighted by atomic mass is 10.0. The number of pyridine rings is 1. The predicted octanol–water partition coefficient (Wildman–Crippen LogP) is 2.80. The maximum atomic E-state index is 12.8. The minimum Gasteiger partial charge on any atom is -0.496 e. The minimum absolute atomic E-state index is 0.146. The summed E-state index contributed by atoms with van der Waals surface area (Å²) in [4.78, 5) is 28.3. The molecule has 0 radical (unpaired) electrons. The molecule has 1 aromatic carbocycles. The molecule has 29 heavy (non-hydrogen) atoms. The van der Waals surface area contributed by atoms with Crippen LogP contribution in [0.1, 0.15) is 17.3 Å². The Bertz CT molecular complexity index is 1010. The molecule has 3 rings (SSSR count). The Kier molecular flexibility index (Phi) is 6.69. The van der Waals surface area contributed by atoms with Crippen LogP contribution in [-0.4, -0.2) is 47.4 Å². The molecule has 0 saturated heterocycles. The number of aromatic nitrogens is 3. The smallest absolute Gasteiger partial charge is 0.344 e. The third kappa shape index (κ3) is 5.05. The molecule has 9 nitrogen and oxygen atoms in total. The number of methoxy groups -OCH3 is 1. The van der Waals surface area contributed by atoms with Gasteiger partial charge in [0.1, 0.15) is 5.75 Å². The van der Waals surface area contributed by atoms with Crippen LogP contribution in [0, 0.1) is 0 Å². The Morgan fingerprint density at radius 2 is 1.97 bits per heavy atom. The first-order valence-corrected chi connectivity index (χ1v) is 9.44. The normalized spacial score (nSPS) is 10.3. The molecule has 2 heterocycles. The summed E-state index contributed by atoms with van der Waals surface area (Å²) in [6.45, 7) is 1.69. The number of nitrogens with zero attached hydrogens (tertiary/aromatic N) is 3. The molecule has 0 bridgehead atoms. The van der Waals surface area contributed by atoms with Crippen molar-refractivity contribution in [3.63, 3.8) is 0 Å². The van der Waals surface area contributed by atoms with Crippen molar-refractivity contribution < 1.29 is 23.8 Å². The topological polar surface area (TPSA) is 113 Å². The van der Waals surface area contributed by atoms with E-state index in [0.717, 1.165) is 16.9 Å². The van der Waals surface area contributed by atoms with E-state index < -0.39 is 5.97 Å². The lowest BCUT2D eigenvalue weighted by Gasteiger charge is -2.11. The third-order valence-corrected chi connectivity index (χ3v) is 4.46. The Labute approximate surface area is 170 Å². The van der Waals surface area contributed by atoms with Crippen LogP contribution in [0.3, 0.4) is 0 Å². The second-order valence-corrected chi connectivity index (χ2v) is 6.48.